The van der Waals surface area contributed by atoms with Gasteiger partial charge in [-0.1, -0.05) is 6.92 Å². The van der Waals surface area contributed by atoms with E-state index < -0.39 is 0 Å². The largest absolute Gasteiger partial charge is 0.491 e. The van der Waals surface area contributed by atoms with Crippen molar-refractivity contribution in [2.45, 2.75) is 38.8 Å². The number of carbonyl (C=O) groups is 3. The van der Waals surface area contributed by atoms with Crippen molar-refractivity contribution in [2.24, 2.45) is 11.8 Å². The smallest absolute Gasteiger partial charge is 0.257 e. The van der Waals surface area contributed by atoms with Crippen LogP contribution in [0.15, 0.2) is 42.7 Å². The second-order valence-corrected chi connectivity index (χ2v) is 9.77. The van der Waals surface area contributed by atoms with Crippen molar-refractivity contribution in [1.82, 2.24) is 14.8 Å². The minimum Gasteiger partial charge on any atom is -0.491 e. The summed E-state index contributed by atoms with van der Waals surface area (Å²) in [7, 11) is 3.34. The van der Waals surface area contributed by atoms with Gasteiger partial charge in [0.05, 0.1) is 23.3 Å². The summed E-state index contributed by atoms with van der Waals surface area (Å²) in [4.78, 5) is 46.5. The zero-order valence-corrected chi connectivity index (χ0v) is 21.3. The molecule has 4 rings (SSSR count). The van der Waals surface area contributed by atoms with Gasteiger partial charge in [-0.05, 0) is 44.0 Å². The molecule has 1 aromatic heterocycles. The first kappa shape index (κ1) is 25.6. The zero-order chi connectivity index (χ0) is 25.8. The summed E-state index contributed by atoms with van der Waals surface area (Å²) in [6, 6.07) is 8.26. The van der Waals surface area contributed by atoms with Gasteiger partial charge in [-0.25, -0.2) is 0 Å². The molecule has 1 aliphatic carbocycles. The van der Waals surface area contributed by atoms with E-state index in [1.54, 1.807) is 66.7 Å². The van der Waals surface area contributed by atoms with Gasteiger partial charge in [0.2, 0.25) is 5.91 Å². The highest BCUT2D eigenvalue weighted by Crippen LogP contribution is 2.32. The van der Waals surface area contributed by atoms with Gasteiger partial charge in [-0.15, -0.1) is 0 Å². The monoisotopic (exact) mass is 494 g/mol. The predicted octanol–water partition coefficient (Wildman–Crippen LogP) is 3.08. The number of rotatable bonds is 4. The van der Waals surface area contributed by atoms with E-state index in [-0.39, 0.29) is 48.3 Å². The highest BCUT2D eigenvalue weighted by Gasteiger charge is 2.32. The van der Waals surface area contributed by atoms with E-state index in [4.69, 9.17) is 9.47 Å². The SMILES string of the molecule is CO[C@H]1CN(C)C(=O)c2ccc(NC(=O)C3CC3)cc2OC[C@H](C)N(C(=O)c2cccnc2)C[C@@H]1C. The highest BCUT2D eigenvalue weighted by atomic mass is 16.5. The lowest BCUT2D eigenvalue weighted by atomic mass is 10.0. The minimum absolute atomic E-state index is 0.0231. The average Bonchev–Trinajstić information content (AvgIpc) is 3.74. The zero-order valence-electron chi connectivity index (χ0n) is 21.3. The Morgan fingerprint density at radius 2 is 1.94 bits per heavy atom. The maximum Gasteiger partial charge on any atom is 0.257 e. The molecular formula is C27H34N4O5. The fraction of sp³-hybridized carbons (Fsp3) is 0.481. The molecule has 0 spiro atoms. The summed E-state index contributed by atoms with van der Waals surface area (Å²) < 4.78 is 11.9. The molecule has 2 aromatic rings. The lowest BCUT2D eigenvalue weighted by Gasteiger charge is -2.36. The molecule has 0 radical (unpaired) electrons. The predicted molar refractivity (Wildman–Crippen MR) is 135 cm³/mol. The average molecular weight is 495 g/mol. The van der Waals surface area contributed by atoms with E-state index in [0.717, 1.165) is 12.8 Å². The second kappa shape index (κ2) is 11.1. The number of fused-ring (bicyclic) bond motifs is 1. The molecule has 1 aromatic carbocycles. The van der Waals surface area contributed by atoms with Crippen molar-refractivity contribution in [2.75, 3.05) is 39.2 Å². The molecule has 1 aliphatic heterocycles. The van der Waals surface area contributed by atoms with Crippen LogP contribution in [0.1, 0.15) is 47.4 Å². The van der Waals surface area contributed by atoms with E-state index >= 15 is 0 Å². The summed E-state index contributed by atoms with van der Waals surface area (Å²) in [5, 5.41) is 2.91. The Morgan fingerprint density at radius 3 is 2.61 bits per heavy atom. The molecule has 3 amide bonds. The van der Waals surface area contributed by atoms with Crippen molar-refractivity contribution >= 4 is 23.4 Å². The third kappa shape index (κ3) is 5.84. The molecule has 1 N–H and O–H groups in total. The van der Waals surface area contributed by atoms with Gasteiger partial charge in [0, 0.05) is 63.2 Å². The Balaban J connectivity index is 1.66. The molecule has 2 heterocycles. The number of hydrogen-bond acceptors (Lipinski definition) is 6. The van der Waals surface area contributed by atoms with Gasteiger partial charge in [0.15, 0.2) is 0 Å². The Kier molecular flexibility index (Phi) is 7.88. The van der Waals surface area contributed by atoms with E-state index in [1.807, 2.05) is 13.8 Å². The summed E-state index contributed by atoms with van der Waals surface area (Å²) in [6.45, 7) is 4.86. The molecule has 192 valence electrons. The third-order valence-corrected chi connectivity index (χ3v) is 6.83. The van der Waals surface area contributed by atoms with Crippen LogP contribution in [-0.2, 0) is 9.53 Å². The first-order valence-corrected chi connectivity index (χ1v) is 12.4. The Hall–Kier alpha value is -3.46. The maximum atomic E-state index is 13.5. The number of carbonyl (C=O) groups excluding carboxylic acids is 3. The van der Waals surface area contributed by atoms with Gasteiger partial charge in [-0.3, -0.25) is 19.4 Å². The van der Waals surface area contributed by atoms with Crippen LogP contribution in [0, 0.1) is 11.8 Å². The number of nitrogens with zero attached hydrogens (tertiary/aromatic N) is 3. The summed E-state index contributed by atoms with van der Waals surface area (Å²) in [5.74, 6) is 0.00424. The van der Waals surface area contributed by atoms with Crippen molar-refractivity contribution in [1.29, 1.82) is 0 Å². The van der Waals surface area contributed by atoms with Crippen LogP contribution in [0.4, 0.5) is 5.69 Å². The minimum atomic E-state index is -0.303. The fourth-order valence-corrected chi connectivity index (χ4v) is 4.38. The molecule has 9 nitrogen and oxygen atoms in total. The lowest BCUT2D eigenvalue weighted by Crippen LogP contribution is -2.48. The van der Waals surface area contributed by atoms with E-state index in [1.165, 1.54) is 0 Å². The number of benzene rings is 1. The van der Waals surface area contributed by atoms with Gasteiger partial charge in [0.25, 0.3) is 11.8 Å². The van der Waals surface area contributed by atoms with Crippen molar-refractivity contribution < 1.29 is 23.9 Å². The molecule has 1 fully saturated rings. The molecular weight excluding hydrogens is 460 g/mol. The summed E-state index contributed by atoms with van der Waals surface area (Å²) >= 11 is 0. The van der Waals surface area contributed by atoms with Crippen LogP contribution in [-0.4, -0.2) is 78.5 Å². The molecule has 0 bridgehead atoms. The molecule has 36 heavy (non-hydrogen) atoms. The van der Waals surface area contributed by atoms with Crippen LogP contribution in [0.3, 0.4) is 0 Å². The number of nitrogens with one attached hydrogen (secondary N) is 1. The van der Waals surface area contributed by atoms with Crippen LogP contribution in [0.5, 0.6) is 5.75 Å². The summed E-state index contributed by atoms with van der Waals surface area (Å²) in [6.07, 6.45) is 4.70. The van der Waals surface area contributed by atoms with E-state index in [2.05, 4.69) is 10.3 Å². The van der Waals surface area contributed by atoms with E-state index in [0.29, 0.717) is 35.7 Å². The van der Waals surface area contributed by atoms with E-state index in [9.17, 15) is 14.4 Å². The van der Waals surface area contributed by atoms with Crippen LogP contribution in [0.25, 0.3) is 0 Å². The summed E-state index contributed by atoms with van der Waals surface area (Å²) in [5.41, 5.74) is 1.46. The van der Waals surface area contributed by atoms with Gasteiger partial charge >= 0.3 is 0 Å². The molecule has 9 heteroatoms. The number of ether oxygens (including phenoxy) is 2. The number of likely N-dealkylation sites (N-methyl/N-ethyl adjacent to an activating group) is 1. The number of pyridine rings is 1. The lowest BCUT2D eigenvalue weighted by molar-refractivity contribution is -0.117. The quantitative estimate of drug-likeness (QED) is 0.701. The van der Waals surface area contributed by atoms with Crippen molar-refractivity contribution in [3.05, 3.63) is 53.9 Å². The third-order valence-electron chi connectivity index (χ3n) is 6.83. The highest BCUT2D eigenvalue weighted by molar-refractivity contribution is 5.99. The number of hydrogen-bond donors (Lipinski definition) is 1. The van der Waals surface area contributed by atoms with Crippen LogP contribution < -0.4 is 10.1 Å². The number of methoxy groups -OCH3 is 1. The van der Waals surface area contributed by atoms with Crippen molar-refractivity contribution in [3.8, 4) is 5.75 Å². The first-order valence-electron chi connectivity index (χ1n) is 12.4. The normalized spacial score (nSPS) is 23.1. The molecule has 1 saturated carbocycles. The molecule has 3 atom stereocenters. The second-order valence-electron chi connectivity index (χ2n) is 9.77. The molecule has 0 unspecified atom stereocenters. The van der Waals surface area contributed by atoms with Gasteiger partial charge < -0.3 is 24.6 Å². The van der Waals surface area contributed by atoms with Gasteiger partial charge in [0.1, 0.15) is 12.4 Å². The first-order chi connectivity index (χ1) is 17.3. The maximum absolute atomic E-state index is 13.5. The Morgan fingerprint density at radius 1 is 1.17 bits per heavy atom. The standard InChI is InChI=1S/C27H34N4O5/c1-17-14-31(26(33)20-6-5-11-28-13-20)18(2)16-36-23-12-21(29-25(32)19-7-8-19)9-10-22(23)27(34)30(3)15-24(17)35-4/h5-6,9-13,17-19,24H,7-8,14-16H2,1-4H3,(H,29,32)/t17-,18-,24-/m0/s1. The molecule has 0 saturated heterocycles. The molecule has 2 aliphatic rings. The fourth-order valence-electron chi connectivity index (χ4n) is 4.38. The topological polar surface area (TPSA) is 101 Å². The van der Waals surface area contributed by atoms with Crippen molar-refractivity contribution in [3.63, 3.8) is 0 Å². The van der Waals surface area contributed by atoms with Crippen LogP contribution >= 0.6 is 0 Å². The Labute approximate surface area is 211 Å². The van der Waals surface area contributed by atoms with Gasteiger partial charge in [-0.2, -0.15) is 0 Å². The Bertz CT molecular complexity index is 1100. The number of anilines is 1. The van der Waals surface area contributed by atoms with Crippen LogP contribution in [0.2, 0.25) is 0 Å². The number of amides is 3. The number of aromatic nitrogens is 1.